The van der Waals surface area contributed by atoms with Gasteiger partial charge in [0.15, 0.2) is 0 Å². The van der Waals surface area contributed by atoms with Crippen LogP contribution in [0.25, 0.3) is 0 Å². The average molecular weight is 200 g/mol. The lowest BCUT2D eigenvalue weighted by Gasteiger charge is -2.17. The first kappa shape index (κ1) is 14.0. The normalized spacial score (nSPS) is 12.4. The van der Waals surface area contributed by atoms with E-state index in [2.05, 4.69) is 34.6 Å². The standard InChI is InChI=1S/C13H28O/c1-12(2)14-11-9-7-6-8-10-13(3,4)5/h12H,6-11H2,1-5H3. The Morgan fingerprint density at radius 1 is 0.929 bits per heavy atom. The largest absolute Gasteiger partial charge is 0.379 e. The van der Waals surface area contributed by atoms with Crippen LogP contribution in [0.2, 0.25) is 0 Å². The van der Waals surface area contributed by atoms with E-state index in [1.165, 1.54) is 32.1 Å². The van der Waals surface area contributed by atoms with Crippen molar-refractivity contribution in [3.63, 3.8) is 0 Å². The Labute approximate surface area is 90.2 Å². The molecule has 86 valence electrons. The molecule has 0 aromatic rings. The van der Waals surface area contributed by atoms with Gasteiger partial charge in [-0.2, -0.15) is 0 Å². The number of unbranched alkanes of at least 4 members (excludes halogenated alkanes) is 3. The lowest BCUT2D eigenvalue weighted by Crippen LogP contribution is -2.05. The second-order valence-electron chi connectivity index (χ2n) is 5.64. The molecule has 0 amide bonds. The van der Waals surface area contributed by atoms with Crippen LogP contribution in [0.1, 0.15) is 66.7 Å². The first-order valence-electron chi connectivity index (χ1n) is 6.03. The molecule has 0 aromatic heterocycles. The smallest absolute Gasteiger partial charge is 0.0518 e. The Hall–Kier alpha value is -0.0400. The summed E-state index contributed by atoms with van der Waals surface area (Å²) in [7, 11) is 0. The summed E-state index contributed by atoms with van der Waals surface area (Å²) >= 11 is 0. The van der Waals surface area contributed by atoms with Gasteiger partial charge in [-0.05, 0) is 32.1 Å². The highest BCUT2D eigenvalue weighted by molar-refractivity contribution is 4.60. The van der Waals surface area contributed by atoms with Gasteiger partial charge in [0.1, 0.15) is 0 Å². The van der Waals surface area contributed by atoms with E-state index in [-0.39, 0.29) is 0 Å². The first-order chi connectivity index (χ1) is 6.42. The van der Waals surface area contributed by atoms with Crippen LogP contribution >= 0.6 is 0 Å². The molecule has 0 saturated heterocycles. The summed E-state index contributed by atoms with van der Waals surface area (Å²) in [6.45, 7) is 12.1. The van der Waals surface area contributed by atoms with Crippen LogP contribution in [-0.2, 0) is 4.74 Å². The van der Waals surface area contributed by atoms with Gasteiger partial charge in [-0.25, -0.2) is 0 Å². The molecule has 0 N–H and O–H groups in total. The van der Waals surface area contributed by atoms with Crippen molar-refractivity contribution in [1.82, 2.24) is 0 Å². The van der Waals surface area contributed by atoms with Crippen molar-refractivity contribution in [2.45, 2.75) is 72.8 Å². The molecule has 0 saturated carbocycles. The highest BCUT2D eigenvalue weighted by atomic mass is 16.5. The molecule has 14 heavy (non-hydrogen) atoms. The van der Waals surface area contributed by atoms with E-state index in [1.807, 2.05) is 0 Å². The van der Waals surface area contributed by atoms with Gasteiger partial charge in [0.05, 0.1) is 6.10 Å². The zero-order valence-electron chi connectivity index (χ0n) is 10.7. The summed E-state index contributed by atoms with van der Waals surface area (Å²) in [6.07, 6.45) is 7.01. The van der Waals surface area contributed by atoms with Crippen molar-refractivity contribution in [2.75, 3.05) is 6.61 Å². The van der Waals surface area contributed by atoms with Crippen molar-refractivity contribution >= 4 is 0 Å². The van der Waals surface area contributed by atoms with Crippen LogP contribution in [0, 0.1) is 5.41 Å². The summed E-state index contributed by atoms with van der Waals surface area (Å²) in [6, 6.07) is 0. The predicted octanol–water partition coefficient (Wildman–Crippen LogP) is 4.41. The number of ether oxygens (including phenoxy) is 1. The monoisotopic (exact) mass is 200 g/mol. The molecule has 0 heterocycles. The summed E-state index contributed by atoms with van der Waals surface area (Å²) in [5.41, 5.74) is 0.508. The van der Waals surface area contributed by atoms with Crippen LogP contribution < -0.4 is 0 Å². The molecule has 0 aliphatic carbocycles. The molecule has 1 heteroatoms. The molecule has 0 rings (SSSR count). The van der Waals surface area contributed by atoms with Crippen molar-refractivity contribution < 1.29 is 4.74 Å². The maximum absolute atomic E-state index is 5.49. The third kappa shape index (κ3) is 12.0. The van der Waals surface area contributed by atoms with Gasteiger partial charge in [-0.1, -0.05) is 40.0 Å². The quantitative estimate of drug-likeness (QED) is 0.553. The Bertz CT molecular complexity index is 122. The van der Waals surface area contributed by atoms with E-state index in [9.17, 15) is 0 Å². The second kappa shape index (κ2) is 7.28. The van der Waals surface area contributed by atoms with Gasteiger partial charge in [0.2, 0.25) is 0 Å². The first-order valence-corrected chi connectivity index (χ1v) is 6.03. The van der Waals surface area contributed by atoms with Crippen molar-refractivity contribution in [3.8, 4) is 0 Å². The van der Waals surface area contributed by atoms with Gasteiger partial charge < -0.3 is 4.74 Å². The average Bonchev–Trinajstić information content (AvgIpc) is 2.00. The highest BCUT2D eigenvalue weighted by Gasteiger charge is 2.08. The van der Waals surface area contributed by atoms with Gasteiger partial charge in [0.25, 0.3) is 0 Å². The molecule has 0 atom stereocenters. The molecule has 0 fully saturated rings. The summed E-state index contributed by atoms with van der Waals surface area (Å²) < 4.78 is 5.49. The van der Waals surface area contributed by atoms with E-state index < -0.39 is 0 Å². The molecule has 0 bridgehead atoms. The van der Waals surface area contributed by atoms with E-state index in [0.29, 0.717) is 11.5 Å². The Morgan fingerprint density at radius 3 is 2.00 bits per heavy atom. The minimum Gasteiger partial charge on any atom is -0.379 e. The van der Waals surface area contributed by atoms with E-state index >= 15 is 0 Å². The predicted molar refractivity (Wildman–Crippen MR) is 63.6 cm³/mol. The second-order valence-corrected chi connectivity index (χ2v) is 5.64. The lowest BCUT2D eigenvalue weighted by molar-refractivity contribution is 0.0756. The van der Waals surface area contributed by atoms with Crippen molar-refractivity contribution in [3.05, 3.63) is 0 Å². The van der Waals surface area contributed by atoms with E-state index in [4.69, 9.17) is 4.74 Å². The van der Waals surface area contributed by atoms with Gasteiger partial charge in [-0.3, -0.25) is 0 Å². The van der Waals surface area contributed by atoms with Crippen LogP contribution in [0.3, 0.4) is 0 Å². The van der Waals surface area contributed by atoms with Crippen LogP contribution in [0.4, 0.5) is 0 Å². The number of hydrogen-bond donors (Lipinski definition) is 0. The summed E-state index contributed by atoms with van der Waals surface area (Å²) in [4.78, 5) is 0. The molecule has 0 aromatic carbocycles. The Morgan fingerprint density at radius 2 is 1.50 bits per heavy atom. The van der Waals surface area contributed by atoms with Gasteiger partial charge >= 0.3 is 0 Å². The zero-order valence-corrected chi connectivity index (χ0v) is 10.7. The fourth-order valence-corrected chi connectivity index (χ4v) is 1.43. The molecule has 0 spiro atoms. The van der Waals surface area contributed by atoms with E-state index in [0.717, 1.165) is 6.61 Å². The molecular formula is C13H28O. The van der Waals surface area contributed by atoms with Gasteiger partial charge in [-0.15, -0.1) is 0 Å². The molecular weight excluding hydrogens is 172 g/mol. The van der Waals surface area contributed by atoms with Crippen molar-refractivity contribution in [1.29, 1.82) is 0 Å². The zero-order chi connectivity index (χ0) is 11.0. The minimum absolute atomic E-state index is 0.393. The number of hydrogen-bond acceptors (Lipinski definition) is 1. The molecule has 0 radical (unpaired) electrons. The molecule has 0 aliphatic heterocycles. The molecule has 0 unspecified atom stereocenters. The maximum Gasteiger partial charge on any atom is 0.0518 e. The number of rotatable bonds is 7. The molecule has 1 nitrogen and oxygen atoms in total. The SMILES string of the molecule is CC(C)OCCCCCCC(C)(C)C. The minimum atomic E-state index is 0.393. The van der Waals surface area contributed by atoms with E-state index in [1.54, 1.807) is 0 Å². The third-order valence-corrected chi connectivity index (χ3v) is 2.27. The highest BCUT2D eigenvalue weighted by Crippen LogP contribution is 2.22. The molecule has 0 aliphatic rings. The maximum atomic E-state index is 5.49. The van der Waals surface area contributed by atoms with Crippen LogP contribution in [-0.4, -0.2) is 12.7 Å². The fraction of sp³-hybridized carbons (Fsp3) is 1.00. The summed E-state index contributed by atoms with van der Waals surface area (Å²) in [5.74, 6) is 0. The lowest BCUT2D eigenvalue weighted by atomic mass is 9.89. The van der Waals surface area contributed by atoms with Crippen LogP contribution in [0.5, 0.6) is 0 Å². The topological polar surface area (TPSA) is 9.23 Å². The summed E-state index contributed by atoms with van der Waals surface area (Å²) in [5, 5.41) is 0. The van der Waals surface area contributed by atoms with Gasteiger partial charge in [0, 0.05) is 6.61 Å². The van der Waals surface area contributed by atoms with Crippen molar-refractivity contribution in [2.24, 2.45) is 5.41 Å². The third-order valence-electron chi connectivity index (χ3n) is 2.27. The Balaban J connectivity index is 3.07. The fourth-order valence-electron chi connectivity index (χ4n) is 1.43. The van der Waals surface area contributed by atoms with Crippen LogP contribution in [0.15, 0.2) is 0 Å². The Kier molecular flexibility index (Phi) is 7.26.